The Bertz CT molecular complexity index is 5510. The summed E-state index contributed by atoms with van der Waals surface area (Å²) in [4.78, 5) is 24.1. The number of hydrogen-bond acceptors (Lipinski definition) is 16. The number of benzene rings is 12. The largest absolute Gasteiger partial charge is 0.418 e. The molecule has 2 N–H and O–H groups in total. The summed E-state index contributed by atoms with van der Waals surface area (Å²) in [5.41, 5.74) is 12.6. The molecule has 0 aromatic heterocycles. The van der Waals surface area contributed by atoms with E-state index in [-0.39, 0.29) is 61.1 Å². The minimum Gasteiger partial charge on any atom is -0.278 e. The van der Waals surface area contributed by atoms with Crippen LogP contribution in [-0.2, 0) is 38.0 Å². The van der Waals surface area contributed by atoms with Crippen molar-refractivity contribution in [3.63, 3.8) is 0 Å². The van der Waals surface area contributed by atoms with Crippen molar-refractivity contribution in [2.75, 3.05) is 62.0 Å². The highest BCUT2D eigenvalue weighted by molar-refractivity contribution is 6.34. The average molecular weight is 1640 g/mol. The van der Waals surface area contributed by atoms with Gasteiger partial charge < -0.3 is 0 Å². The summed E-state index contributed by atoms with van der Waals surface area (Å²) >= 11 is 22.0. The van der Waals surface area contributed by atoms with Crippen LogP contribution in [0.2, 0.25) is 15.1 Å². The van der Waals surface area contributed by atoms with E-state index in [2.05, 4.69) is 24.7 Å². The fraction of sp³-hybridized carbons (Fsp3) is 0.191. The van der Waals surface area contributed by atoms with Crippen molar-refractivity contribution in [1.82, 2.24) is 0 Å². The zero-order valence-electron chi connectivity index (χ0n) is 65.5. The molecule has 0 fully saturated rings. The van der Waals surface area contributed by atoms with Gasteiger partial charge in [-0.3, -0.25) is 31.1 Å². The second-order valence-corrected chi connectivity index (χ2v) is 29.0. The lowest BCUT2D eigenvalue weighted by atomic mass is 10.0. The van der Waals surface area contributed by atoms with Gasteiger partial charge in [0.1, 0.15) is 10.7 Å². The first kappa shape index (κ1) is 82.9. The summed E-state index contributed by atoms with van der Waals surface area (Å²) < 4.78 is 104. The molecule has 0 aliphatic heterocycles. The maximum absolute atomic E-state index is 17.8. The molecule has 0 atom stereocenters. The molecule has 598 valence electrons. The van der Waals surface area contributed by atoms with Crippen molar-refractivity contribution in [1.29, 1.82) is 0 Å². The minimum absolute atomic E-state index is 0.0381. The van der Waals surface area contributed by atoms with Gasteiger partial charge in [-0.05, 0) is 233 Å². The molecule has 12 aromatic carbocycles. The molecule has 12 aromatic rings. The number of nitro benzene ring substituents is 2. The molecule has 0 unspecified atom stereocenters. The van der Waals surface area contributed by atoms with Gasteiger partial charge in [0.15, 0.2) is 0 Å². The molecule has 0 saturated carbocycles. The zero-order chi connectivity index (χ0) is 83.2. The van der Waals surface area contributed by atoms with Crippen molar-refractivity contribution < 1.29 is 36.2 Å². The number of para-hydroxylation sites is 6. The van der Waals surface area contributed by atoms with Gasteiger partial charge in [-0.15, -0.1) is 10.2 Å². The lowest BCUT2D eigenvalue weighted by Crippen LogP contribution is -2.76. The second-order valence-electron chi connectivity index (χ2n) is 27.8. The van der Waals surface area contributed by atoms with Gasteiger partial charge in [-0.2, -0.15) is 67.3 Å². The fourth-order valence-electron chi connectivity index (χ4n) is 14.0. The Labute approximate surface area is 685 Å². The molecule has 0 amide bonds. The molecule has 18 nitrogen and oxygen atoms in total. The zero-order valence-corrected chi connectivity index (χ0v) is 67.7. The summed E-state index contributed by atoms with van der Waals surface area (Å²) in [5.74, 6) is 0. The molecule has 0 spiro atoms. The Kier molecular flexibility index (Phi) is 25.1. The normalized spacial score (nSPS) is 11.4. The number of alkyl halides is 6. The molecule has 0 heterocycles. The third-order valence-corrected chi connectivity index (χ3v) is 20.6. The van der Waals surface area contributed by atoms with E-state index in [4.69, 9.17) is 34.8 Å². The van der Waals surface area contributed by atoms with E-state index >= 15 is 26.3 Å². The van der Waals surface area contributed by atoms with E-state index in [0.717, 1.165) is 74.5 Å². The van der Waals surface area contributed by atoms with Crippen LogP contribution in [0.3, 0.4) is 0 Å². The van der Waals surface area contributed by atoms with Crippen molar-refractivity contribution in [3.05, 3.63) is 362 Å². The van der Waals surface area contributed by atoms with Crippen LogP contribution in [0.15, 0.2) is 255 Å². The van der Waals surface area contributed by atoms with Crippen molar-refractivity contribution in [3.8, 4) is 0 Å². The highest BCUT2D eigenvalue weighted by atomic mass is 35.5. The number of nitro groups is 2. The predicted octanol–water partition coefficient (Wildman–Crippen LogP) is 25.6. The van der Waals surface area contributed by atoms with Crippen LogP contribution in [0.25, 0.3) is 0 Å². The first-order valence-corrected chi connectivity index (χ1v) is 38.6. The van der Waals surface area contributed by atoms with Gasteiger partial charge in [0.05, 0.1) is 88.6 Å². The SMILES string of the molecule is CCc1ccccc1N(N(Nc1c(CC)cccc1CC)c1c(C)cccc1CC)N(c1c(C)cccc1C)N(c1ccc(C)cc1)N(c1cccc(C(F)(F)F)c1)N(c1cccc(C)c1)N(c1ccc(Cl)cc1C(F)(F)F)N(c1c(C)cccc1Cl)N(c1ccccc1C)N(Nc1ccc([N+](=O)[O-])cc1)c1ccc([N+](=O)[O-])c(Cl)c1. The number of aryl methyl sites for hydroxylation is 11. The van der Waals surface area contributed by atoms with E-state index in [1.165, 1.54) is 86.3 Å². The van der Waals surface area contributed by atoms with Crippen LogP contribution < -0.4 is 62.0 Å². The van der Waals surface area contributed by atoms with Crippen LogP contribution in [0.4, 0.5) is 106 Å². The molecular weight excluding hydrogens is 1550 g/mol. The van der Waals surface area contributed by atoms with E-state index in [0.29, 0.717) is 65.0 Å². The summed E-state index contributed by atoms with van der Waals surface area (Å²) in [5, 5.41) is 39.7. The van der Waals surface area contributed by atoms with Gasteiger partial charge in [0.2, 0.25) is 0 Å². The summed E-state index contributed by atoms with van der Waals surface area (Å²) in [6, 6.07) is 67.4. The first-order chi connectivity index (χ1) is 55.5. The van der Waals surface area contributed by atoms with Gasteiger partial charge >= 0.3 is 12.4 Å². The summed E-state index contributed by atoms with van der Waals surface area (Å²) in [6.07, 6.45) is -8.58. The fourth-order valence-corrected chi connectivity index (χ4v) is 14.7. The number of rotatable bonds is 29. The molecule has 0 saturated heterocycles. The molecule has 0 aliphatic carbocycles. The quantitative estimate of drug-likeness (QED) is 0.0260. The van der Waals surface area contributed by atoms with Gasteiger partial charge in [0, 0.05) is 23.2 Å². The maximum Gasteiger partial charge on any atom is 0.418 e. The van der Waals surface area contributed by atoms with Crippen LogP contribution in [-0.4, -0.2) is 9.85 Å². The van der Waals surface area contributed by atoms with Crippen LogP contribution in [0, 0.1) is 68.7 Å². The average Bonchev–Trinajstić information content (AvgIpc) is 0.716. The predicted molar refractivity (Wildman–Crippen MR) is 458 cm³/mol. The number of halogens is 9. The maximum atomic E-state index is 17.8. The highest BCUT2D eigenvalue weighted by Gasteiger charge is 2.49. The summed E-state index contributed by atoms with van der Waals surface area (Å²) in [6.45, 7) is 21.0. The van der Waals surface area contributed by atoms with Crippen molar-refractivity contribution in [2.24, 2.45) is 0 Å². The standard InChI is InChI=1S/C89H85Cl3F6N14O4/c1-12-65-32-17-19-41-81(65)107(102(86-63(10)30-22-35-68(86)15-4)100-84-66(13-2)33-24-34-67(84)14-3)109(85-61(8)28-21-29-62(85)9)103(72-47-42-58(5)43-48-72)104(76-38-25-36-69(55-76)88(93,94)95)105(75-37-20-26-59(6)54-75)108(82-52-44-70(90)56-77(82)89(96,97)98)110(87-64(11)31-23-39-78(87)91)106(80-40-18-16-27-60(80)7)101(74-51-53-83(112(115)116)79(92)57-74)99-71-45-49-73(50-46-71)111(113)114/h16-57,99-100H,12-15H2,1-11H3. The van der Waals surface area contributed by atoms with Gasteiger partial charge in [-0.1, -0.05) is 202 Å². The number of hydrogen-bond donors (Lipinski definition) is 2. The molecule has 27 heteroatoms. The Balaban J connectivity index is 1.38. The molecule has 0 bridgehead atoms. The number of non-ortho nitro benzene ring substituents is 1. The molecule has 116 heavy (non-hydrogen) atoms. The summed E-state index contributed by atoms with van der Waals surface area (Å²) in [7, 11) is 0. The van der Waals surface area contributed by atoms with E-state index in [9.17, 15) is 20.2 Å². The Morgan fingerprint density at radius 2 is 0.853 bits per heavy atom. The third kappa shape index (κ3) is 17.3. The molecule has 0 aliphatic rings. The third-order valence-electron chi connectivity index (χ3n) is 19.8. The van der Waals surface area contributed by atoms with Gasteiger partial charge in [0.25, 0.3) is 11.4 Å². The van der Waals surface area contributed by atoms with Gasteiger partial charge in [-0.25, -0.2) is 0 Å². The van der Waals surface area contributed by atoms with E-state index in [1.807, 2.05) is 148 Å². The Morgan fingerprint density at radius 1 is 0.353 bits per heavy atom. The van der Waals surface area contributed by atoms with Crippen molar-refractivity contribution >= 4 is 114 Å². The smallest absolute Gasteiger partial charge is 0.278 e. The lowest BCUT2D eigenvalue weighted by Gasteiger charge is -2.59. The molecule has 0 radical (unpaired) electrons. The molecule has 12 rings (SSSR count). The number of nitrogens with zero attached hydrogens (tertiary/aromatic N) is 12. The molecular formula is C89H85Cl3F6N14O4. The minimum atomic E-state index is -5.40. The van der Waals surface area contributed by atoms with Crippen LogP contribution in [0.1, 0.15) is 100 Å². The van der Waals surface area contributed by atoms with Crippen molar-refractivity contribution in [2.45, 2.75) is 114 Å². The second kappa shape index (κ2) is 35.1. The number of nitrogens with one attached hydrogen (secondary N) is 2. The van der Waals surface area contributed by atoms with Crippen LogP contribution in [0.5, 0.6) is 0 Å². The van der Waals surface area contributed by atoms with E-state index < -0.39 is 49.7 Å². The number of hydrazine groups is 11. The Hall–Kier alpha value is -12.5. The monoisotopic (exact) mass is 1630 g/mol. The topological polar surface area (TPSA) is 143 Å². The Morgan fingerprint density at radius 3 is 1.44 bits per heavy atom. The van der Waals surface area contributed by atoms with Crippen LogP contribution >= 0.6 is 34.8 Å². The number of anilines is 12. The lowest BCUT2D eigenvalue weighted by molar-refractivity contribution is -0.385. The van der Waals surface area contributed by atoms with E-state index in [1.54, 1.807) is 98.7 Å². The highest BCUT2D eigenvalue weighted by Crippen LogP contribution is 2.50. The first-order valence-electron chi connectivity index (χ1n) is 37.5.